The first-order chi connectivity index (χ1) is 19.3. The number of ether oxygens (including phenoxy) is 1. The maximum Gasteiger partial charge on any atom is 0.160 e. The largest absolute Gasteiger partial charge is 0.457 e. The molecule has 0 fully saturated rings. The van der Waals surface area contributed by atoms with E-state index < -0.39 is 0 Å². The van der Waals surface area contributed by atoms with Crippen LogP contribution in [0.3, 0.4) is 0 Å². The van der Waals surface area contributed by atoms with Gasteiger partial charge < -0.3 is 9.15 Å². The van der Waals surface area contributed by atoms with E-state index in [9.17, 15) is 0 Å². The second-order valence-corrected chi connectivity index (χ2v) is 9.48. The van der Waals surface area contributed by atoms with Gasteiger partial charge in [0.15, 0.2) is 5.58 Å². The van der Waals surface area contributed by atoms with Crippen molar-refractivity contribution in [3.63, 3.8) is 0 Å². The number of aromatic nitrogens is 3. The molecule has 0 aliphatic rings. The molecule has 4 aromatic heterocycles. The molecule has 0 N–H and O–H groups in total. The molecule has 0 aliphatic heterocycles. The van der Waals surface area contributed by atoms with E-state index in [0.29, 0.717) is 0 Å². The van der Waals surface area contributed by atoms with Crippen molar-refractivity contribution in [2.45, 2.75) is 0 Å². The van der Waals surface area contributed by atoms with Crippen LogP contribution in [0.15, 0.2) is 132 Å². The van der Waals surface area contributed by atoms with Gasteiger partial charge in [0.05, 0.1) is 16.7 Å². The minimum absolute atomic E-state index is 0.738. The molecule has 8 aromatic rings. The molecule has 0 amide bonds. The summed E-state index contributed by atoms with van der Waals surface area (Å²) in [5, 5.41) is 4.39. The fraction of sp³-hybridized carbons (Fsp3) is 0. The zero-order valence-corrected chi connectivity index (χ0v) is 20.8. The second-order valence-electron chi connectivity index (χ2n) is 9.48. The molecule has 0 saturated heterocycles. The van der Waals surface area contributed by atoms with Crippen molar-refractivity contribution >= 4 is 43.7 Å². The van der Waals surface area contributed by atoms with E-state index in [-0.39, 0.29) is 0 Å². The van der Waals surface area contributed by atoms with Crippen LogP contribution in [0, 0.1) is 0 Å². The monoisotopic (exact) mass is 503 g/mol. The highest BCUT2D eigenvalue weighted by Crippen LogP contribution is 2.41. The Hall–Kier alpha value is -5.42. The predicted octanol–water partition coefficient (Wildman–Crippen LogP) is 8.93. The molecule has 4 aromatic carbocycles. The minimum atomic E-state index is 0.738. The smallest absolute Gasteiger partial charge is 0.160 e. The molecule has 5 heteroatoms. The molecule has 4 heterocycles. The summed E-state index contributed by atoms with van der Waals surface area (Å²) in [6, 6.07) is 38.5. The Kier molecular flexibility index (Phi) is 4.76. The Morgan fingerprint density at radius 3 is 2.26 bits per heavy atom. The average molecular weight is 504 g/mol. The molecule has 184 valence electrons. The average Bonchev–Trinajstić information content (AvgIpc) is 3.54. The van der Waals surface area contributed by atoms with Gasteiger partial charge in [-0.1, -0.05) is 48.5 Å². The van der Waals surface area contributed by atoms with Gasteiger partial charge in [-0.25, -0.2) is 4.98 Å². The van der Waals surface area contributed by atoms with Crippen molar-refractivity contribution in [3.05, 3.63) is 128 Å². The number of pyridine rings is 2. The normalized spacial score (nSPS) is 11.6. The summed E-state index contributed by atoms with van der Waals surface area (Å²) in [7, 11) is 0. The van der Waals surface area contributed by atoms with Crippen LogP contribution in [0.5, 0.6) is 11.5 Å². The van der Waals surface area contributed by atoms with Gasteiger partial charge in [0.25, 0.3) is 0 Å². The number of furan rings is 1. The quantitative estimate of drug-likeness (QED) is 0.241. The number of fused-ring (bicyclic) bond motifs is 7. The van der Waals surface area contributed by atoms with Crippen LogP contribution in [0.1, 0.15) is 0 Å². The van der Waals surface area contributed by atoms with Crippen molar-refractivity contribution in [3.8, 4) is 28.6 Å². The van der Waals surface area contributed by atoms with E-state index >= 15 is 0 Å². The lowest BCUT2D eigenvalue weighted by molar-refractivity contribution is 0.483. The van der Waals surface area contributed by atoms with Crippen LogP contribution in [0.4, 0.5) is 0 Å². The maximum absolute atomic E-state index is 6.45. The Balaban J connectivity index is 1.34. The third kappa shape index (κ3) is 3.48. The highest BCUT2D eigenvalue weighted by molar-refractivity contribution is 6.21. The number of hydrogen-bond donors (Lipinski definition) is 0. The van der Waals surface area contributed by atoms with Gasteiger partial charge in [-0.2, -0.15) is 0 Å². The molecule has 0 radical (unpaired) electrons. The highest BCUT2D eigenvalue weighted by atomic mass is 16.5. The third-order valence-electron chi connectivity index (χ3n) is 7.15. The van der Waals surface area contributed by atoms with Crippen LogP contribution in [0.25, 0.3) is 60.8 Å². The van der Waals surface area contributed by atoms with Gasteiger partial charge in [-0.05, 0) is 60.7 Å². The van der Waals surface area contributed by atoms with E-state index in [2.05, 4.69) is 39.9 Å². The molecule has 0 spiro atoms. The van der Waals surface area contributed by atoms with Gasteiger partial charge in [0.1, 0.15) is 22.9 Å². The fourth-order valence-electron chi connectivity index (χ4n) is 5.43. The van der Waals surface area contributed by atoms with E-state index in [1.807, 2.05) is 91.1 Å². The van der Waals surface area contributed by atoms with Gasteiger partial charge in [0.2, 0.25) is 0 Å². The van der Waals surface area contributed by atoms with E-state index in [0.717, 1.165) is 72.3 Å². The van der Waals surface area contributed by atoms with Crippen LogP contribution in [-0.4, -0.2) is 14.5 Å². The van der Waals surface area contributed by atoms with Crippen molar-refractivity contribution < 1.29 is 9.15 Å². The lowest BCUT2D eigenvalue weighted by Crippen LogP contribution is -1.97. The van der Waals surface area contributed by atoms with E-state index in [1.165, 1.54) is 0 Å². The summed E-state index contributed by atoms with van der Waals surface area (Å²) in [4.78, 5) is 9.19. The molecule has 0 aliphatic carbocycles. The lowest BCUT2D eigenvalue weighted by Gasteiger charge is -2.10. The molecular weight excluding hydrogens is 482 g/mol. The van der Waals surface area contributed by atoms with Crippen molar-refractivity contribution in [1.29, 1.82) is 0 Å². The molecule has 39 heavy (non-hydrogen) atoms. The first-order valence-electron chi connectivity index (χ1n) is 12.8. The van der Waals surface area contributed by atoms with Gasteiger partial charge in [-0.15, -0.1) is 0 Å². The Bertz CT molecular complexity index is 2140. The van der Waals surface area contributed by atoms with E-state index in [4.69, 9.17) is 14.1 Å². The molecule has 8 rings (SSSR count). The molecule has 0 unspecified atom stereocenters. The topological polar surface area (TPSA) is 53.1 Å². The van der Waals surface area contributed by atoms with Crippen molar-refractivity contribution in [1.82, 2.24) is 14.5 Å². The molecule has 5 nitrogen and oxygen atoms in total. The first-order valence-corrected chi connectivity index (χ1v) is 12.8. The second kappa shape index (κ2) is 8.57. The van der Waals surface area contributed by atoms with Crippen LogP contribution in [-0.2, 0) is 0 Å². The summed E-state index contributed by atoms with van der Waals surface area (Å²) < 4.78 is 15.0. The standard InChI is InChI=1S/C34H21N3O2/c1-2-12-31-26(10-1)28-17-16-27-25-15-14-24(38-23-9-7-8-22(20-23)29-11-3-5-18-35-29)21-30(25)37(33(27)34(28)39-31)32-13-4-6-19-36-32/h1-21H. The number of hydrogen-bond acceptors (Lipinski definition) is 4. The Morgan fingerprint density at radius 2 is 1.38 bits per heavy atom. The molecular formula is C34H21N3O2. The van der Waals surface area contributed by atoms with Crippen molar-refractivity contribution in [2.75, 3.05) is 0 Å². The first kappa shape index (κ1) is 21.6. The minimum Gasteiger partial charge on any atom is -0.457 e. The van der Waals surface area contributed by atoms with E-state index in [1.54, 1.807) is 6.20 Å². The summed E-state index contributed by atoms with van der Waals surface area (Å²) in [6.07, 6.45) is 3.61. The maximum atomic E-state index is 6.45. The molecule has 0 saturated carbocycles. The number of para-hydroxylation sites is 1. The zero-order chi connectivity index (χ0) is 25.8. The van der Waals surface area contributed by atoms with Crippen LogP contribution < -0.4 is 4.74 Å². The molecule has 0 atom stereocenters. The predicted molar refractivity (Wildman–Crippen MR) is 156 cm³/mol. The van der Waals surface area contributed by atoms with Crippen LogP contribution >= 0.6 is 0 Å². The number of benzene rings is 4. The van der Waals surface area contributed by atoms with Gasteiger partial charge >= 0.3 is 0 Å². The summed E-state index contributed by atoms with van der Waals surface area (Å²) in [6.45, 7) is 0. The lowest BCUT2D eigenvalue weighted by atomic mass is 10.1. The van der Waals surface area contributed by atoms with Gasteiger partial charge in [0, 0.05) is 45.6 Å². The highest BCUT2D eigenvalue weighted by Gasteiger charge is 2.20. The number of nitrogens with zero attached hydrogens (tertiary/aromatic N) is 3. The Morgan fingerprint density at radius 1 is 0.590 bits per heavy atom. The summed E-state index contributed by atoms with van der Waals surface area (Å²) in [5.74, 6) is 2.30. The number of rotatable bonds is 4. The third-order valence-corrected chi connectivity index (χ3v) is 7.15. The fourth-order valence-corrected chi connectivity index (χ4v) is 5.43. The Labute approximate surface area is 223 Å². The molecule has 0 bridgehead atoms. The van der Waals surface area contributed by atoms with Crippen molar-refractivity contribution in [2.24, 2.45) is 0 Å². The summed E-state index contributed by atoms with van der Waals surface area (Å²) in [5.41, 5.74) is 5.62. The SMILES string of the molecule is c1ccc(-c2cccc(Oc3ccc4c5ccc6c7ccccc7oc6c5n(-c5ccccn5)c4c3)c2)nc1. The zero-order valence-electron chi connectivity index (χ0n) is 20.8. The van der Waals surface area contributed by atoms with Gasteiger partial charge in [-0.3, -0.25) is 9.55 Å². The van der Waals surface area contributed by atoms with Crippen LogP contribution in [0.2, 0.25) is 0 Å². The summed E-state index contributed by atoms with van der Waals surface area (Å²) >= 11 is 0.